The molecule has 1 aliphatic heterocycles. The Balaban J connectivity index is 2.03. The van der Waals surface area contributed by atoms with Crippen molar-refractivity contribution in [3.63, 3.8) is 0 Å². The van der Waals surface area contributed by atoms with Crippen molar-refractivity contribution in [3.05, 3.63) is 29.8 Å². The summed E-state index contributed by atoms with van der Waals surface area (Å²) in [5.41, 5.74) is 0.838. The number of hydrogen-bond acceptors (Lipinski definition) is 4. The van der Waals surface area contributed by atoms with Crippen LogP contribution in [0.3, 0.4) is 0 Å². The summed E-state index contributed by atoms with van der Waals surface area (Å²) in [6.07, 6.45) is 1.99. The van der Waals surface area contributed by atoms with Crippen LogP contribution >= 0.6 is 0 Å². The molecule has 5 heteroatoms. The number of likely N-dealkylation sites (N-methyl/N-ethyl adjacent to an activating group) is 1. The molecule has 2 unspecified atom stereocenters. The van der Waals surface area contributed by atoms with Crippen LogP contribution in [0.25, 0.3) is 0 Å². The molecule has 2 atom stereocenters. The molecule has 128 valence electrons. The Hall–Kier alpha value is -1.59. The van der Waals surface area contributed by atoms with Crippen molar-refractivity contribution in [1.82, 2.24) is 15.5 Å². The maximum atomic E-state index is 12.6. The Bertz CT molecular complexity index is 525. The molecule has 1 saturated heterocycles. The van der Waals surface area contributed by atoms with E-state index in [2.05, 4.69) is 21.6 Å². The molecule has 0 aliphatic carbocycles. The van der Waals surface area contributed by atoms with E-state index in [0.717, 1.165) is 37.2 Å². The summed E-state index contributed by atoms with van der Waals surface area (Å²) in [5, 5.41) is 6.47. The number of amides is 1. The van der Waals surface area contributed by atoms with Gasteiger partial charge in [0, 0.05) is 13.1 Å². The van der Waals surface area contributed by atoms with Gasteiger partial charge in [0.25, 0.3) is 0 Å². The minimum atomic E-state index is -0.302. The van der Waals surface area contributed by atoms with Crippen LogP contribution in [0.15, 0.2) is 24.3 Å². The van der Waals surface area contributed by atoms with Gasteiger partial charge in [-0.3, -0.25) is 4.79 Å². The van der Waals surface area contributed by atoms with Crippen molar-refractivity contribution in [1.29, 1.82) is 0 Å². The molecule has 0 bridgehead atoms. The van der Waals surface area contributed by atoms with Crippen LogP contribution in [0, 0.1) is 5.41 Å². The number of ether oxygens (including phenoxy) is 1. The fourth-order valence-corrected chi connectivity index (χ4v) is 3.10. The molecule has 1 aromatic rings. The van der Waals surface area contributed by atoms with E-state index in [1.165, 1.54) is 0 Å². The van der Waals surface area contributed by atoms with Crippen LogP contribution in [0.5, 0.6) is 5.75 Å². The Morgan fingerprint density at radius 3 is 2.87 bits per heavy atom. The van der Waals surface area contributed by atoms with Crippen molar-refractivity contribution >= 4 is 5.91 Å². The molecular weight excluding hydrogens is 290 g/mol. The standard InChI is InChI=1S/C18H29N3O2/c1-18(9-6-10-19-13-18)17(22)20-12-16(21(2)3)14-7-5-8-15(11-14)23-4/h5,7-8,11,16,19H,6,9-10,12-13H2,1-4H3,(H,20,22). The number of hydrogen-bond donors (Lipinski definition) is 2. The van der Waals surface area contributed by atoms with Gasteiger partial charge in [-0.15, -0.1) is 0 Å². The average molecular weight is 319 g/mol. The van der Waals surface area contributed by atoms with Crippen LogP contribution in [-0.2, 0) is 4.79 Å². The first kappa shape index (κ1) is 17.8. The molecule has 0 radical (unpaired) electrons. The largest absolute Gasteiger partial charge is 0.497 e. The number of carbonyl (C=O) groups is 1. The van der Waals surface area contributed by atoms with Gasteiger partial charge in [-0.2, -0.15) is 0 Å². The first-order valence-corrected chi connectivity index (χ1v) is 8.26. The average Bonchev–Trinajstić information content (AvgIpc) is 2.55. The normalized spacial score (nSPS) is 22.7. The van der Waals surface area contributed by atoms with Crippen LogP contribution in [0.2, 0.25) is 0 Å². The van der Waals surface area contributed by atoms with Crippen LogP contribution in [-0.4, -0.2) is 51.6 Å². The van der Waals surface area contributed by atoms with Gasteiger partial charge in [0.05, 0.1) is 18.6 Å². The third-order valence-corrected chi connectivity index (χ3v) is 4.70. The van der Waals surface area contributed by atoms with Gasteiger partial charge in [0.15, 0.2) is 0 Å². The van der Waals surface area contributed by atoms with Crippen molar-refractivity contribution < 1.29 is 9.53 Å². The molecule has 5 nitrogen and oxygen atoms in total. The zero-order valence-corrected chi connectivity index (χ0v) is 14.7. The molecule has 0 aromatic heterocycles. The topological polar surface area (TPSA) is 53.6 Å². The summed E-state index contributed by atoms with van der Waals surface area (Å²) < 4.78 is 5.31. The lowest BCUT2D eigenvalue weighted by Gasteiger charge is -2.34. The van der Waals surface area contributed by atoms with Crippen LogP contribution < -0.4 is 15.4 Å². The fourth-order valence-electron chi connectivity index (χ4n) is 3.10. The first-order chi connectivity index (χ1) is 11.0. The van der Waals surface area contributed by atoms with Crippen molar-refractivity contribution in [3.8, 4) is 5.75 Å². The van der Waals surface area contributed by atoms with Crippen molar-refractivity contribution in [2.24, 2.45) is 5.41 Å². The van der Waals surface area contributed by atoms with Crippen molar-refractivity contribution in [2.75, 3.05) is 40.8 Å². The summed E-state index contributed by atoms with van der Waals surface area (Å²) in [4.78, 5) is 14.7. The van der Waals surface area contributed by atoms with Gasteiger partial charge in [-0.1, -0.05) is 12.1 Å². The molecule has 23 heavy (non-hydrogen) atoms. The number of nitrogens with zero attached hydrogens (tertiary/aromatic N) is 1. The van der Waals surface area contributed by atoms with E-state index in [4.69, 9.17) is 4.74 Å². The second kappa shape index (κ2) is 7.79. The number of piperidine rings is 1. The van der Waals surface area contributed by atoms with E-state index in [9.17, 15) is 4.79 Å². The SMILES string of the molecule is COc1cccc(C(CNC(=O)C2(C)CCCNC2)N(C)C)c1. The molecule has 1 heterocycles. The van der Waals surface area contributed by atoms with E-state index < -0.39 is 0 Å². The number of nitrogens with one attached hydrogen (secondary N) is 2. The van der Waals surface area contributed by atoms with Gasteiger partial charge in [0.1, 0.15) is 5.75 Å². The fraction of sp³-hybridized carbons (Fsp3) is 0.611. The summed E-state index contributed by atoms with van der Waals surface area (Å²) in [5.74, 6) is 0.976. The number of methoxy groups -OCH3 is 1. The second-order valence-corrected chi connectivity index (χ2v) is 6.81. The van der Waals surface area contributed by atoms with Gasteiger partial charge in [0.2, 0.25) is 5.91 Å². The predicted molar refractivity (Wildman–Crippen MR) is 92.6 cm³/mol. The third-order valence-electron chi connectivity index (χ3n) is 4.70. The quantitative estimate of drug-likeness (QED) is 0.839. The lowest BCUT2D eigenvalue weighted by atomic mass is 9.82. The Morgan fingerprint density at radius 2 is 2.26 bits per heavy atom. The molecule has 1 aromatic carbocycles. The van der Waals surface area contributed by atoms with Crippen molar-refractivity contribution in [2.45, 2.75) is 25.8 Å². The molecule has 1 aliphatic rings. The Kier molecular flexibility index (Phi) is 6.02. The molecule has 2 N–H and O–H groups in total. The monoisotopic (exact) mass is 319 g/mol. The summed E-state index contributed by atoms with van der Waals surface area (Å²) >= 11 is 0. The summed E-state index contributed by atoms with van der Waals surface area (Å²) in [6.45, 7) is 4.40. The molecular formula is C18H29N3O2. The lowest BCUT2D eigenvalue weighted by Crippen LogP contribution is -2.50. The van der Waals surface area contributed by atoms with Gasteiger partial charge in [-0.05, 0) is 58.1 Å². The predicted octanol–water partition coefficient (Wildman–Crippen LogP) is 1.80. The third kappa shape index (κ3) is 4.45. The van der Waals surface area contributed by atoms with Crippen LogP contribution in [0.4, 0.5) is 0 Å². The zero-order valence-electron chi connectivity index (χ0n) is 14.7. The van der Waals surface area contributed by atoms with Crippen LogP contribution in [0.1, 0.15) is 31.4 Å². The van der Waals surface area contributed by atoms with E-state index >= 15 is 0 Å². The van der Waals surface area contributed by atoms with E-state index in [0.29, 0.717) is 6.54 Å². The van der Waals surface area contributed by atoms with E-state index in [1.807, 2.05) is 39.2 Å². The zero-order chi connectivity index (χ0) is 16.9. The van der Waals surface area contributed by atoms with Gasteiger partial charge < -0.3 is 20.3 Å². The van der Waals surface area contributed by atoms with E-state index in [-0.39, 0.29) is 17.4 Å². The molecule has 1 fully saturated rings. The molecule has 0 saturated carbocycles. The maximum Gasteiger partial charge on any atom is 0.227 e. The Labute approximate surface area is 139 Å². The van der Waals surface area contributed by atoms with Gasteiger partial charge >= 0.3 is 0 Å². The molecule has 0 spiro atoms. The molecule has 2 rings (SSSR count). The highest BCUT2D eigenvalue weighted by Gasteiger charge is 2.34. The number of rotatable bonds is 6. The second-order valence-electron chi connectivity index (χ2n) is 6.81. The smallest absolute Gasteiger partial charge is 0.227 e. The first-order valence-electron chi connectivity index (χ1n) is 8.26. The Morgan fingerprint density at radius 1 is 1.48 bits per heavy atom. The minimum absolute atomic E-state index is 0.120. The minimum Gasteiger partial charge on any atom is -0.497 e. The summed E-state index contributed by atoms with van der Waals surface area (Å²) in [7, 11) is 5.73. The highest BCUT2D eigenvalue weighted by molar-refractivity contribution is 5.82. The number of benzene rings is 1. The highest BCUT2D eigenvalue weighted by atomic mass is 16.5. The molecule has 1 amide bonds. The highest BCUT2D eigenvalue weighted by Crippen LogP contribution is 2.26. The maximum absolute atomic E-state index is 12.6. The summed E-state index contributed by atoms with van der Waals surface area (Å²) in [6, 6.07) is 8.14. The van der Waals surface area contributed by atoms with Gasteiger partial charge in [-0.25, -0.2) is 0 Å². The lowest BCUT2D eigenvalue weighted by molar-refractivity contribution is -0.131. The van der Waals surface area contributed by atoms with E-state index in [1.54, 1.807) is 7.11 Å². The number of carbonyl (C=O) groups excluding carboxylic acids is 1.